The highest BCUT2D eigenvalue weighted by atomic mass is 19.1. The monoisotopic (exact) mass is 367 g/mol. The van der Waals surface area contributed by atoms with Gasteiger partial charge in [0.05, 0.1) is 11.1 Å². The van der Waals surface area contributed by atoms with Gasteiger partial charge in [-0.05, 0) is 63.2 Å². The number of nitrogens with two attached hydrogens (primary N) is 1. The molecule has 1 heterocycles. The quantitative estimate of drug-likeness (QED) is 0.728. The molecule has 0 bridgehead atoms. The fourth-order valence-corrected chi connectivity index (χ4v) is 3.69. The first-order valence-corrected chi connectivity index (χ1v) is 8.89. The Morgan fingerprint density at radius 3 is 2.78 bits per heavy atom. The van der Waals surface area contributed by atoms with E-state index in [1.54, 1.807) is 6.92 Å². The van der Waals surface area contributed by atoms with E-state index in [1.807, 2.05) is 19.9 Å². The van der Waals surface area contributed by atoms with Crippen molar-refractivity contribution in [1.82, 2.24) is 10.3 Å². The van der Waals surface area contributed by atoms with Crippen LogP contribution in [-0.2, 0) is 4.79 Å². The average molecular weight is 367 g/mol. The van der Waals surface area contributed by atoms with E-state index >= 15 is 4.39 Å². The second-order valence-electron chi connectivity index (χ2n) is 6.81. The topological polar surface area (TPSA) is 88.0 Å². The number of primary amides is 1. The van der Waals surface area contributed by atoms with Gasteiger partial charge in [0.2, 0.25) is 0 Å². The average Bonchev–Trinajstić information content (AvgIpc) is 2.90. The molecule has 2 amide bonds. The van der Waals surface area contributed by atoms with Gasteiger partial charge in [0.25, 0.3) is 11.8 Å². The van der Waals surface area contributed by atoms with Crippen molar-refractivity contribution in [3.05, 3.63) is 40.3 Å². The van der Waals surface area contributed by atoms with Gasteiger partial charge in [-0.3, -0.25) is 9.59 Å². The van der Waals surface area contributed by atoms with Gasteiger partial charge in [-0.1, -0.05) is 12.0 Å². The van der Waals surface area contributed by atoms with Crippen LogP contribution in [0, 0.1) is 31.5 Å². The van der Waals surface area contributed by atoms with E-state index in [0.717, 1.165) is 29.7 Å². The predicted octanol–water partition coefficient (Wildman–Crippen LogP) is 3.10. The Balaban J connectivity index is 2.16. The van der Waals surface area contributed by atoms with Gasteiger partial charge < -0.3 is 16.0 Å². The molecule has 0 saturated heterocycles. The van der Waals surface area contributed by atoms with E-state index in [0.29, 0.717) is 22.9 Å². The Labute approximate surface area is 157 Å². The zero-order chi connectivity index (χ0) is 19.7. The first kappa shape index (κ1) is 18.7. The third-order valence-electron chi connectivity index (χ3n) is 5.03. The molecular formula is C21H22FN3O2. The first-order valence-electron chi connectivity index (χ1n) is 8.89. The van der Waals surface area contributed by atoms with Crippen molar-refractivity contribution >= 4 is 28.3 Å². The summed E-state index contributed by atoms with van der Waals surface area (Å²) in [6.45, 7) is 5.37. The zero-order valence-corrected chi connectivity index (χ0v) is 15.6. The second kappa shape index (κ2) is 7.28. The largest absolute Gasteiger partial charge is 0.366 e. The van der Waals surface area contributed by atoms with Gasteiger partial charge in [0.15, 0.2) is 0 Å². The van der Waals surface area contributed by atoms with Crippen LogP contribution < -0.4 is 11.1 Å². The van der Waals surface area contributed by atoms with Gasteiger partial charge in [0.1, 0.15) is 5.82 Å². The van der Waals surface area contributed by atoms with Crippen LogP contribution >= 0.6 is 0 Å². The summed E-state index contributed by atoms with van der Waals surface area (Å²) < 4.78 is 15.1. The number of carbonyl (C=O) groups is 2. The molecule has 6 heteroatoms. The molecule has 1 aliphatic rings. The molecule has 0 saturated carbocycles. The number of halogens is 1. The molecule has 2 aromatic rings. The molecule has 1 unspecified atom stereocenters. The third-order valence-corrected chi connectivity index (χ3v) is 5.03. The molecule has 140 valence electrons. The van der Waals surface area contributed by atoms with Gasteiger partial charge in [-0.15, -0.1) is 0 Å². The number of rotatable bonds is 3. The summed E-state index contributed by atoms with van der Waals surface area (Å²) in [4.78, 5) is 26.7. The molecule has 0 aliphatic heterocycles. The van der Waals surface area contributed by atoms with Crippen LogP contribution in [0.25, 0.3) is 16.5 Å². The van der Waals surface area contributed by atoms with Gasteiger partial charge in [-0.25, -0.2) is 4.39 Å². The summed E-state index contributed by atoms with van der Waals surface area (Å²) in [5, 5.41) is 3.52. The number of aromatic nitrogens is 1. The van der Waals surface area contributed by atoms with Crippen LogP contribution in [-0.4, -0.2) is 22.8 Å². The summed E-state index contributed by atoms with van der Waals surface area (Å²) in [7, 11) is 0. The molecule has 0 radical (unpaired) electrons. The lowest BCUT2D eigenvalue weighted by Gasteiger charge is -2.23. The van der Waals surface area contributed by atoms with E-state index < -0.39 is 11.7 Å². The second-order valence-corrected chi connectivity index (χ2v) is 6.81. The summed E-state index contributed by atoms with van der Waals surface area (Å²) in [5.74, 6) is 3.53. The lowest BCUT2D eigenvalue weighted by atomic mass is 9.87. The van der Waals surface area contributed by atoms with Crippen molar-refractivity contribution in [3.8, 4) is 11.8 Å². The van der Waals surface area contributed by atoms with Crippen molar-refractivity contribution in [3.63, 3.8) is 0 Å². The van der Waals surface area contributed by atoms with Crippen molar-refractivity contribution < 1.29 is 14.0 Å². The maximum Gasteiger partial charge on any atom is 0.296 e. The van der Waals surface area contributed by atoms with Crippen LogP contribution in [0.5, 0.6) is 0 Å². The number of hydrogen-bond donors (Lipinski definition) is 3. The molecule has 1 aromatic carbocycles. The zero-order valence-electron chi connectivity index (χ0n) is 15.6. The Kier molecular flexibility index (Phi) is 5.04. The normalized spacial score (nSPS) is 16.4. The Hall–Kier alpha value is -3.07. The standard InChI is InChI=1S/C21H22FN3O2/c1-4-6-17(26)25-14-8-5-7-13(9-14)19-16(22)10-15(21(23)27)20-18(19)11(2)12(3)24-20/h9-10,14,24H,5,7-8H2,1-3H3,(H2,23,27)(H,25,26). The molecule has 0 spiro atoms. The summed E-state index contributed by atoms with van der Waals surface area (Å²) in [5.41, 5.74) is 9.16. The highest BCUT2D eigenvalue weighted by molar-refractivity contribution is 6.09. The van der Waals surface area contributed by atoms with Crippen LogP contribution in [0.2, 0.25) is 0 Å². The molecule has 1 aromatic heterocycles. The lowest BCUT2D eigenvalue weighted by Crippen LogP contribution is -2.33. The number of aryl methyl sites for hydroxylation is 2. The van der Waals surface area contributed by atoms with E-state index in [-0.39, 0.29) is 17.5 Å². The first-order chi connectivity index (χ1) is 12.8. The SMILES string of the molecule is CC#CC(=O)NC1C=C(c2c(F)cc(C(N)=O)c3[nH]c(C)c(C)c23)CCC1. The Morgan fingerprint density at radius 1 is 1.37 bits per heavy atom. The van der Waals surface area contributed by atoms with Crippen molar-refractivity contribution in [2.24, 2.45) is 5.73 Å². The minimum absolute atomic E-state index is 0.141. The smallest absolute Gasteiger partial charge is 0.296 e. The van der Waals surface area contributed by atoms with Gasteiger partial charge in [0, 0.05) is 22.7 Å². The fraction of sp³-hybridized carbons (Fsp3) is 0.333. The van der Waals surface area contributed by atoms with Crippen LogP contribution in [0.3, 0.4) is 0 Å². The predicted molar refractivity (Wildman–Crippen MR) is 103 cm³/mol. The number of H-pyrrole nitrogens is 1. The number of amides is 2. The fourth-order valence-electron chi connectivity index (χ4n) is 3.69. The van der Waals surface area contributed by atoms with Crippen LogP contribution in [0.1, 0.15) is 53.4 Å². The maximum absolute atomic E-state index is 15.1. The Bertz CT molecular complexity index is 1040. The number of carbonyl (C=O) groups excluding carboxylic acids is 2. The molecule has 5 nitrogen and oxygen atoms in total. The number of allylic oxidation sites excluding steroid dienone is 1. The third kappa shape index (κ3) is 3.45. The molecule has 1 atom stereocenters. The van der Waals surface area contributed by atoms with Crippen molar-refractivity contribution in [2.75, 3.05) is 0 Å². The van der Waals surface area contributed by atoms with Gasteiger partial charge >= 0.3 is 0 Å². The molecule has 1 aliphatic carbocycles. The maximum atomic E-state index is 15.1. The molecule has 3 rings (SSSR count). The molecule has 27 heavy (non-hydrogen) atoms. The number of aromatic amines is 1. The summed E-state index contributed by atoms with van der Waals surface area (Å²) >= 11 is 0. The lowest BCUT2D eigenvalue weighted by molar-refractivity contribution is -0.116. The summed E-state index contributed by atoms with van der Waals surface area (Å²) in [6, 6.07) is 0.994. The highest BCUT2D eigenvalue weighted by Gasteiger charge is 2.24. The molecular weight excluding hydrogens is 345 g/mol. The minimum atomic E-state index is -0.674. The molecule has 4 N–H and O–H groups in total. The number of nitrogens with one attached hydrogen (secondary N) is 2. The van der Waals surface area contributed by atoms with E-state index in [1.165, 1.54) is 6.07 Å². The van der Waals surface area contributed by atoms with Crippen LogP contribution in [0.15, 0.2) is 12.1 Å². The van der Waals surface area contributed by atoms with Crippen LogP contribution in [0.4, 0.5) is 4.39 Å². The molecule has 0 fully saturated rings. The number of benzene rings is 1. The number of hydrogen-bond acceptors (Lipinski definition) is 2. The van der Waals surface area contributed by atoms with Gasteiger partial charge in [-0.2, -0.15) is 0 Å². The highest BCUT2D eigenvalue weighted by Crippen LogP contribution is 2.37. The summed E-state index contributed by atoms with van der Waals surface area (Å²) in [6.07, 6.45) is 4.17. The van der Waals surface area contributed by atoms with E-state index in [2.05, 4.69) is 22.1 Å². The van der Waals surface area contributed by atoms with E-state index in [4.69, 9.17) is 5.73 Å². The minimum Gasteiger partial charge on any atom is -0.366 e. The Morgan fingerprint density at radius 2 is 2.11 bits per heavy atom. The van der Waals surface area contributed by atoms with E-state index in [9.17, 15) is 9.59 Å². The van der Waals surface area contributed by atoms with Crippen molar-refractivity contribution in [2.45, 2.75) is 46.1 Å². The van der Waals surface area contributed by atoms with Crippen molar-refractivity contribution in [1.29, 1.82) is 0 Å². The number of fused-ring (bicyclic) bond motifs is 1.